The average molecular weight is 716 g/mol. The molecular formula is C23H30N10O13P2. The van der Waals surface area contributed by atoms with E-state index in [1.54, 1.807) is 6.92 Å². The van der Waals surface area contributed by atoms with Crippen molar-refractivity contribution in [3.05, 3.63) is 33.4 Å². The minimum Gasteiger partial charge on any atom is -0.386 e. The van der Waals surface area contributed by atoms with Crippen molar-refractivity contribution >= 4 is 56.1 Å². The number of aliphatic imine (C=N–C) groups is 1. The number of fused-ring (bicyclic) bond motifs is 3. The van der Waals surface area contributed by atoms with E-state index in [9.17, 15) is 33.6 Å². The maximum Gasteiger partial charge on any atom is 0.472 e. The molecule has 2 fully saturated rings. The SMILES string of the molecule is C/C=N\c1nc2c(ncn2[C@@H](C)O[C@@H]2COP(=O)(O)OC3C(O)[C@H](n4cnc5c(=O)[nH]c(N)nc54)O[C@@H]3COP(=O)(O)OC2C)c(=O)[nH]1. The Balaban J connectivity index is 1.26. The van der Waals surface area contributed by atoms with Gasteiger partial charge in [-0.1, -0.05) is 0 Å². The van der Waals surface area contributed by atoms with Gasteiger partial charge in [0, 0.05) is 6.21 Å². The molecule has 0 spiro atoms. The maximum absolute atomic E-state index is 13.2. The fourth-order valence-corrected chi connectivity index (χ4v) is 7.06. The first kappa shape index (κ1) is 34.1. The van der Waals surface area contributed by atoms with Gasteiger partial charge < -0.3 is 30.1 Å². The molecule has 0 amide bonds. The van der Waals surface area contributed by atoms with Crippen LogP contribution >= 0.6 is 15.6 Å². The van der Waals surface area contributed by atoms with Gasteiger partial charge in [0.1, 0.15) is 30.6 Å². The van der Waals surface area contributed by atoms with E-state index in [1.165, 1.54) is 31.0 Å². The van der Waals surface area contributed by atoms with Gasteiger partial charge in [-0.25, -0.2) is 24.1 Å². The van der Waals surface area contributed by atoms with Crippen molar-refractivity contribution in [2.24, 2.45) is 4.99 Å². The number of hydrogen-bond donors (Lipinski definition) is 6. The van der Waals surface area contributed by atoms with Gasteiger partial charge in [0.15, 0.2) is 28.6 Å². The second-order valence-electron chi connectivity index (χ2n) is 10.6. The fraction of sp³-hybridized carbons (Fsp3) is 0.522. The Morgan fingerprint density at radius 3 is 2.48 bits per heavy atom. The number of phosphoric ester groups is 2. The Hall–Kier alpha value is -3.73. The van der Waals surface area contributed by atoms with E-state index in [0.717, 1.165) is 10.9 Å². The summed E-state index contributed by atoms with van der Waals surface area (Å²) in [4.78, 5) is 71.0. The number of aromatic nitrogens is 8. The number of imidazole rings is 2. The number of nitrogen functional groups attached to an aromatic ring is 1. The summed E-state index contributed by atoms with van der Waals surface area (Å²) in [7, 11) is -9.94. The lowest BCUT2D eigenvalue weighted by Crippen LogP contribution is -2.38. The standard InChI is InChI=1S/C23H30N10O13P2/c1-4-25-23-29-18-14(20(36)31-23)26-7-32(18)10(3)43-11-5-41-48(39,40)46-16-12(6-42-47(37,38)45-9(11)2)44-21(15(16)34)33-8-27-13-17(33)28-22(24)30-19(13)35/h4,7-12,15-16,21,34H,5-6H2,1-3H3,(H,37,38)(H,39,40)(H,29,31,36)(H3,24,28,30,35)/b25-4-/t9?,10-,11-,12-,15?,16?,21-/m1/s1. The molecular weight excluding hydrogens is 686 g/mol. The summed E-state index contributed by atoms with van der Waals surface area (Å²) < 4.78 is 61.4. The Morgan fingerprint density at radius 1 is 1.06 bits per heavy atom. The van der Waals surface area contributed by atoms with Crippen LogP contribution in [0.2, 0.25) is 0 Å². The van der Waals surface area contributed by atoms with Gasteiger partial charge in [-0.2, -0.15) is 9.97 Å². The molecule has 4 aromatic heterocycles. The van der Waals surface area contributed by atoms with E-state index in [-0.39, 0.29) is 34.2 Å². The van der Waals surface area contributed by atoms with Gasteiger partial charge in [0.25, 0.3) is 11.1 Å². The highest BCUT2D eigenvalue weighted by atomic mass is 31.2. The summed E-state index contributed by atoms with van der Waals surface area (Å²) in [6, 6.07) is 0. The van der Waals surface area contributed by atoms with E-state index in [4.69, 9.17) is 33.3 Å². The second kappa shape index (κ2) is 12.9. The van der Waals surface area contributed by atoms with Gasteiger partial charge in [-0.3, -0.25) is 46.8 Å². The zero-order valence-corrected chi connectivity index (χ0v) is 27.0. The van der Waals surface area contributed by atoms with E-state index in [1.807, 2.05) is 0 Å². The number of rotatable bonds is 5. The number of nitrogens with one attached hydrogen (secondary N) is 2. The van der Waals surface area contributed by atoms with Gasteiger partial charge >= 0.3 is 15.6 Å². The molecule has 6 rings (SSSR count). The Kier molecular flexibility index (Phi) is 9.21. The predicted molar refractivity (Wildman–Crippen MR) is 161 cm³/mol. The molecule has 0 radical (unpaired) electrons. The van der Waals surface area contributed by atoms with Crippen LogP contribution in [0, 0.1) is 0 Å². The maximum atomic E-state index is 13.2. The monoisotopic (exact) mass is 716 g/mol. The van der Waals surface area contributed by atoms with Crippen LogP contribution in [0.25, 0.3) is 22.3 Å². The smallest absolute Gasteiger partial charge is 0.386 e. The Labute approximate surface area is 267 Å². The third-order valence-electron chi connectivity index (χ3n) is 7.35. The summed E-state index contributed by atoms with van der Waals surface area (Å²) in [6.07, 6.45) is -6.24. The topological polar surface area (TPSA) is 316 Å². The number of H-pyrrole nitrogens is 2. The first-order valence-electron chi connectivity index (χ1n) is 14.1. The molecule has 6 heterocycles. The number of ether oxygens (including phenoxy) is 2. The predicted octanol–water partition coefficient (Wildman–Crippen LogP) is -0.243. The largest absolute Gasteiger partial charge is 0.472 e. The van der Waals surface area contributed by atoms with Crippen molar-refractivity contribution in [2.45, 2.75) is 63.7 Å². The molecule has 2 aliphatic heterocycles. The fourth-order valence-electron chi connectivity index (χ4n) is 5.14. The Morgan fingerprint density at radius 2 is 1.73 bits per heavy atom. The molecule has 0 aromatic carbocycles. The molecule has 5 unspecified atom stereocenters. The lowest BCUT2D eigenvalue weighted by Gasteiger charge is -2.31. The number of aliphatic hydroxyl groups excluding tert-OH is 1. The van der Waals surface area contributed by atoms with Gasteiger partial charge in [-0.15, -0.1) is 0 Å². The van der Waals surface area contributed by atoms with Crippen molar-refractivity contribution in [3.63, 3.8) is 0 Å². The van der Waals surface area contributed by atoms with Crippen molar-refractivity contribution in [1.29, 1.82) is 0 Å². The van der Waals surface area contributed by atoms with Crippen LogP contribution in [-0.4, -0.2) is 104 Å². The van der Waals surface area contributed by atoms with E-state index in [0.29, 0.717) is 0 Å². The molecule has 4 aromatic rings. The summed E-state index contributed by atoms with van der Waals surface area (Å²) in [6.45, 7) is 2.94. The first-order chi connectivity index (χ1) is 22.7. The number of anilines is 1. The minimum absolute atomic E-state index is 0.000582. The van der Waals surface area contributed by atoms with Crippen LogP contribution in [0.3, 0.4) is 0 Å². The third kappa shape index (κ3) is 6.75. The van der Waals surface area contributed by atoms with Crippen molar-refractivity contribution in [3.8, 4) is 0 Å². The van der Waals surface area contributed by atoms with E-state index in [2.05, 4.69) is 34.9 Å². The highest BCUT2D eigenvalue weighted by Gasteiger charge is 2.51. The summed E-state index contributed by atoms with van der Waals surface area (Å²) in [5.74, 6) is -0.262. The number of nitrogens with two attached hydrogens (primary N) is 1. The Bertz CT molecular complexity index is 2080. The molecule has 9 atom stereocenters. The van der Waals surface area contributed by atoms with Crippen molar-refractivity contribution < 1.29 is 51.6 Å². The quantitative estimate of drug-likeness (QED) is 0.115. The van der Waals surface area contributed by atoms with Crippen molar-refractivity contribution in [1.82, 2.24) is 39.0 Å². The van der Waals surface area contributed by atoms with Crippen LogP contribution in [-0.2, 0) is 36.7 Å². The first-order valence-corrected chi connectivity index (χ1v) is 17.1. The molecule has 7 N–H and O–H groups in total. The number of aromatic amines is 2. The number of nitrogens with zero attached hydrogens (tertiary/aromatic N) is 7. The highest BCUT2D eigenvalue weighted by molar-refractivity contribution is 7.47. The van der Waals surface area contributed by atoms with Crippen LogP contribution in [0.4, 0.5) is 11.9 Å². The lowest BCUT2D eigenvalue weighted by atomic mass is 10.1. The number of hydrogen-bond acceptors (Lipinski definition) is 17. The summed E-state index contributed by atoms with van der Waals surface area (Å²) in [5, 5.41) is 11.2. The molecule has 2 saturated heterocycles. The van der Waals surface area contributed by atoms with Gasteiger partial charge in [0.05, 0.1) is 32.0 Å². The van der Waals surface area contributed by atoms with E-state index >= 15 is 0 Å². The molecule has 0 bridgehead atoms. The van der Waals surface area contributed by atoms with Crippen LogP contribution in [0.1, 0.15) is 33.2 Å². The zero-order valence-electron chi connectivity index (χ0n) is 25.2. The van der Waals surface area contributed by atoms with Gasteiger partial charge in [0.2, 0.25) is 11.9 Å². The van der Waals surface area contributed by atoms with Crippen molar-refractivity contribution in [2.75, 3.05) is 18.9 Å². The third-order valence-corrected chi connectivity index (χ3v) is 9.41. The molecule has 260 valence electrons. The number of aliphatic hydroxyl groups is 1. The molecule has 0 saturated carbocycles. The molecule has 48 heavy (non-hydrogen) atoms. The van der Waals surface area contributed by atoms with Crippen LogP contribution in [0.5, 0.6) is 0 Å². The summed E-state index contributed by atoms with van der Waals surface area (Å²) >= 11 is 0. The zero-order chi connectivity index (χ0) is 34.5. The molecule has 0 aliphatic carbocycles. The van der Waals surface area contributed by atoms with Crippen LogP contribution < -0.4 is 16.9 Å². The summed E-state index contributed by atoms with van der Waals surface area (Å²) in [5.41, 5.74) is 4.22. The average Bonchev–Trinajstić information content (AvgIpc) is 3.70. The minimum atomic E-state index is -5.04. The molecule has 2 aliphatic rings. The van der Waals surface area contributed by atoms with Crippen LogP contribution in [0.15, 0.2) is 27.2 Å². The van der Waals surface area contributed by atoms with Gasteiger partial charge in [-0.05, 0) is 20.8 Å². The molecule has 23 nitrogen and oxygen atoms in total. The lowest BCUT2D eigenvalue weighted by molar-refractivity contribution is -0.114. The van der Waals surface area contributed by atoms with E-state index < -0.39 is 83.0 Å². The second-order valence-corrected chi connectivity index (χ2v) is 13.4. The molecule has 25 heteroatoms. The normalized spacial score (nSPS) is 32.7. The highest BCUT2D eigenvalue weighted by Crippen LogP contribution is 2.52. The number of phosphoric acid groups is 2.